The smallest absolute Gasteiger partial charge is 0.0719 e. The van der Waals surface area contributed by atoms with Crippen molar-refractivity contribution in [3.8, 4) is 0 Å². The Morgan fingerprint density at radius 1 is 0.591 bits per heavy atom. The second-order valence-corrected chi connectivity index (χ2v) is 9.25. The molecule has 0 amide bonds. The second kappa shape index (κ2) is 8.34. The van der Waals surface area contributed by atoms with Gasteiger partial charge >= 0.3 is 0 Å². The van der Waals surface area contributed by atoms with Gasteiger partial charge in [-0.2, -0.15) is 0 Å². The first-order chi connectivity index (χ1) is 10.7. The lowest BCUT2D eigenvalue weighted by molar-refractivity contribution is 0.388. The largest absolute Gasteiger partial charge is 0.292 e. The lowest BCUT2D eigenvalue weighted by Crippen LogP contribution is -2.28. The third-order valence-electron chi connectivity index (χ3n) is 5.88. The number of hydrogen-bond acceptors (Lipinski definition) is 2. The van der Waals surface area contributed by atoms with Crippen LogP contribution in [0.2, 0.25) is 0 Å². The Labute approximate surface area is 140 Å². The monoisotopic (exact) mass is 338 g/mol. The molecule has 0 saturated heterocycles. The summed E-state index contributed by atoms with van der Waals surface area (Å²) >= 11 is 0. The van der Waals surface area contributed by atoms with Crippen molar-refractivity contribution < 1.29 is 0 Å². The van der Waals surface area contributed by atoms with E-state index in [1.165, 1.54) is 64.2 Å². The number of rotatable bonds is 4. The number of nitrogens with zero attached hydrogens (tertiary/aromatic N) is 2. The molecule has 22 heavy (non-hydrogen) atoms. The lowest BCUT2D eigenvalue weighted by Gasteiger charge is -2.26. The van der Waals surface area contributed by atoms with Crippen LogP contribution in [0.15, 0.2) is 9.98 Å². The van der Waals surface area contributed by atoms with Gasteiger partial charge in [-0.1, -0.05) is 25.7 Å². The predicted octanol–water partition coefficient (Wildman–Crippen LogP) is 4.53. The van der Waals surface area contributed by atoms with Crippen LogP contribution in [0.4, 0.5) is 0 Å². The summed E-state index contributed by atoms with van der Waals surface area (Å²) in [5.74, 6) is 1.39. The normalized spacial score (nSPS) is 43.5. The maximum absolute atomic E-state index is 5.00. The van der Waals surface area contributed by atoms with Crippen LogP contribution in [0.3, 0.4) is 0 Å². The maximum Gasteiger partial charge on any atom is 0.0719 e. The fourth-order valence-corrected chi connectivity index (χ4v) is 5.34. The Hall–Kier alpha value is 0.200. The summed E-state index contributed by atoms with van der Waals surface area (Å²) in [5, 5.41) is 0. The SMILES string of the molecule is PC1CCCC1C=NC1CCCCC1N=CC1CCCC1P. The Balaban J connectivity index is 1.58. The molecule has 0 heterocycles. The topological polar surface area (TPSA) is 24.7 Å². The first-order valence-corrected chi connectivity index (χ1v) is 10.6. The zero-order valence-corrected chi connectivity index (χ0v) is 16.0. The van der Waals surface area contributed by atoms with Gasteiger partial charge in [-0.05, 0) is 49.8 Å². The van der Waals surface area contributed by atoms with E-state index in [-0.39, 0.29) is 0 Å². The van der Waals surface area contributed by atoms with E-state index in [1.807, 2.05) is 0 Å². The van der Waals surface area contributed by atoms with Crippen molar-refractivity contribution in [3.63, 3.8) is 0 Å². The average molecular weight is 338 g/mol. The summed E-state index contributed by atoms with van der Waals surface area (Å²) < 4.78 is 0. The Morgan fingerprint density at radius 2 is 1.05 bits per heavy atom. The van der Waals surface area contributed by atoms with E-state index in [9.17, 15) is 0 Å². The molecule has 3 aliphatic rings. The van der Waals surface area contributed by atoms with E-state index in [0.29, 0.717) is 23.9 Å². The molecular formula is C18H32N2P2. The molecule has 0 aromatic carbocycles. The van der Waals surface area contributed by atoms with Gasteiger partial charge in [0.2, 0.25) is 0 Å². The molecule has 0 spiro atoms. The molecule has 2 nitrogen and oxygen atoms in total. The summed E-state index contributed by atoms with van der Waals surface area (Å²) in [6, 6.07) is 0.902. The minimum absolute atomic E-state index is 0.451. The molecule has 0 aromatic heterocycles. The van der Waals surface area contributed by atoms with E-state index >= 15 is 0 Å². The maximum atomic E-state index is 5.00. The minimum Gasteiger partial charge on any atom is -0.292 e. The molecule has 0 N–H and O–H groups in total. The zero-order chi connectivity index (χ0) is 15.4. The van der Waals surface area contributed by atoms with Crippen LogP contribution in [0.5, 0.6) is 0 Å². The second-order valence-electron chi connectivity index (χ2n) is 7.53. The number of aliphatic imine (C=N–C) groups is 2. The van der Waals surface area contributed by atoms with Gasteiger partial charge < -0.3 is 0 Å². The van der Waals surface area contributed by atoms with Gasteiger partial charge in [0.05, 0.1) is 12.1 Å². The van der Waals surface area contributed by atoms with Gasteiger partial charge in [-0.15, -0.1) is 18.5 Å². The van der Waals surface area contributed by atoms with E-state index in [1.54, 1.807) is 0 Å². The third kappa shape index (κ3) is 4.39. The Kier molecular flexibility index (Phi) is 6.46. The lowest BCUT2D eigenvalue weighted by atomic mass is 9.91. The minimum atomic E-state index is 0.451. The van der Waals surface area contributed by atoms with Crippen molar-refractivity contribution in [2.75, 3.05) is 0 Å². The molecule has 8 unspecified atom stereocenters. The van der Waals surface area contributed by atoms with Crippen molar-refractivity contribution in [1.82, 2.24) is 0 Å². The van der Waals surface area contributed by atoms with Crippen LogP contribution < -0.4 is 0 Å². The summed E-state index contributed by atoms with van der Waals surface area (Å²) in [6.07, 6.45) is 17.8. The van der Waals surface area contributed by atoms with Crippen molar-refractivity contribution in [2.24, 2.45) is 21.8 Å². The highest BCUT2D eigenvalue weighted by atomic mass is 31.0. The van der Waals surface area contributed by atoms with Crippen LogP contribution in [0.1, 0.15) is 64.2 Å². The van der Waals surface area contributed by atoms with Crippen molar-refractivity contribution >= 4 is 30.9 Å². The van der Waals surface area contributed by atoms with Gasteiger partial charge in [0.15, 0.2) is 0 Å². The Morgan fingerprint density at radius 3 is 1.41 bits per heavy atom. The highest BCUT2D eigenvalue weighted by molar-refractivity contribution is 7.17. The van der Waals surface area contributed by atoms with Crippen molar-refractivity contribution in [1.29, 1.82) is 0 Å². The molecule has 0 radical (unpaired) electrons. The molecule has 124 valence electrons. The van der Waals surface area contributed by atoms with Gasteiger partial charge in [-0.25, -0.2) is 0 Å². The highest BCUT2D eigenvalue weighted by Crippen LogP contribution is 2.32. The van der Waals surface area contributed by atoms with Crippen molar-refractivity contribution in [2.45, 2.75) is 87.6 Å². The Bertz CT molecular complexity index is 372. The molecule has 3 fully saturated rings. The van der Waals surface area contributed by atoms with E-state index in [0.717, 1.165) is 11.3 Å². The summed E-state index contributed by atoms with van der Waals surface area (Å²) in [5.41, 5.74) is 1.51. The molecule has 8 atom stereocenters. The fraction of sp³-hybridized carbons (Fsp3) is 0.889. The summed E-state index contributed by atoms with van der Waals surface area (Å²) in [4.78, 5) is 10.0. The average Bonchev–Trinajstić information content (AvgIpc) is 3.12. The summed E-state index contributed by atoms with van der Waals surface area (Å²) in [6.45, 7) is 0. The van der Waals surface area contributed by atoms with Gasteiger partial charge in [0.25, 0.3) is 0 Å². The number of hydrogen-bond donors (Lipinski definition) is 0. The van der Waals surface area contributed by atoms with Gasteiger partial charge in [0.1, 0.15) is 0 Å². The van der Waals surface area contributed by atoms with E-state index in [4.69, 9.17) is 9.98 Å². The van der Waals surface area contributed by atoms with Crippen molar-refractivity contribution in [3.05, 3.63) is 0 Å². The van der Waals surface area contributed by atoms with Gasteiger partial charge in [0, 0.05) is 24.3 Å². The van der Waals surface area contributed by atoms with Crippen LogP contribution in [-0.2, 0) is 0 Å². The quantitative estimate of drug-likeness (QED) is 0.532. The molecular weight excluding hydrogens is 306 g/mol. The highest BCUT2D eigenvalue weighted by Gasteiger charge is 2.27. The third-order valence-corrected chi connectivity index (χ3v) is 7.54. The molecule has 0 aliphatic heterocycles. The fourth-order valence-electron chi connectivity index (χ4n) is 4.29. The van der Waals surface area contributed by atoms with Crippen LogP contribution >= 0.6 is 18.5 Å². The van der Waals surface area contributed by atoms with Crippen LogP contribution in [-0.4, -0.2) is 35.8 Å². The molecule has 3 saturated carbocycles. The van der Waals surface area contributed by atoms with E-state index < -0.39 is 0 Å². The predicted molar refractivity (Wildman–Crippen MR) is 105 cm³/mol. The van der Waals surface area contributed by atoms with E-state index in [2.05, 4.69) is 30.9 Å². The molecule has 0 bridgehead atoms. The molecule has 3 aliphatic carbocycles. The first kappa shape index (κ1) is 17.0. The van der Waals surface area contributed by atoms with Crippen LogP contribution in [0.25, 0.3) is 0 Å². The van der Waals surface area contributed by atoms with Crippen LogP contribution in [0, 0.1) is 11.8 Å². The molecule has 3 rings (SSSR count). The first-order valence-electron chi connectivity index (χ1n) is 9.32. The molecule has 0 aromatic rings. The molecule has 4 heteroatoms. The van der Waals surface area contributed by atoms with Gasteiger partial charge in [-0.3, -0.25) is 9.98 Å². The zero-order valence-electron chi connectivity index (χ0n) is 13.7. The summed E-state index contributed by atoms with van der Waals surface area (Å²) in [7, 11) is 6.03. The standard InChI is InChI=1S/C18H32N2P2/c21-17-9-3-5-13(17)11-19-15-7-1-2-8-16(15)20-12-14-6-4-10-18(14)22/h11-18H,1-10,21-22H2.